The van der Waals surface area contributed by atoms with E-state index < -0.39 is 0 Å². The fourth-order valence-electron chi connectivity index (χ4n) is 3.32. The summed E-state index contributed by atoms with van der Waals surface area (Å²) in [4.78, 5) is 16.5. The first-order chi connectivity index (χ1) is 13.2. The molecule has 4 nitrogen and oxygen atoms in total. The zero-order chi connectivity index (χ0) is 18.6. The third kappa shape index (κ3) is 4.43. The molecule has 3 aromatic rings. The molecule has 4 rings (SSSR count). The standard InChI is InChI=1S/C21H21ClN2O2S/c22-18-6-7-20-19(12-18)17(15-27-20)13-23-8-10-24(11-9-23)21(25)26-14-16-4-2-1-3-5-16/h1-7,12,15H,8-11,13-14H2. The first kappa shape index (κ1) is 18.3. The maximum absolute atomic E-state index is 12.3. The summed E-state index contributed by atoms with van der Waals surface area (Å²) in [7, 11) is 0. The Labute approximate surface area is 167 Å². The molecule has 0 aliphatic carbocycles. The fraction of sp³-hybridized carbons (Fsp3) is 0.286. The van der Waals surface area contributed by atoms with E-state index in [1.54, 1.807) is 16.2 Å². The van der Waals surface area contributed by atoms with Crippen molar-refractivity contribution in [3.63, 3.8) is 0 Å². The summed E-state index contributed by atoms with van der Waals surface area (Å²) in [6, 6.07) is 15.8. The molecule has 1 aromatic heterocycles. The van der Waals surface area contributed by atoms with Gasteiger partial charge in [-0.3, -0.25) is 4.90 Å². The molecule has 140 valence electrons. The number of hydrogen-bond acceptors (Lipinski definition) is 4. The Hall–Kier alpha value is -2.08. The molecule has 6 heteroatoms. The van der Waals surface area contributed by atoms with E-state index in [-0.39, 0.29) is 6.09 Å². The van der Waals surface area contributed by atoms with Crippen molar-refractivity contribution < 1.29 is 9.53 Å². The van der Waals surface area contributed by atoms with E-state index in [2.05, 4.69) is 16.3 Å². The lowest BCUT2D eigenvalue weighted by Gasteiger charge is -2.34. The smallest absolute Gasteiger partial charge is 0.410 e. The lowest BCUT2D eigenvalue weighted by molar-refractivity contribution is 0.0701. The minimum Gasteiger partial charge on any atom is -0.445 e. The second-order valence-corrected chi connectivity index (χ2v) is 8.05. The molecule has 1 fully saturated rings. The van der Waals surface area contributed by atoms with Crippen LogP contribution in [-0.4, -0.2) is 42.1 Å². The lowest BCUT2D eigenvalue weighted by Crippen LogP contribution is -2.48. The van der Waals surface area contributed by atoms with Crippen molar-refractivity contribution in [1.82, 2.24) is 9.80 Å². The van der Waals surface area contributed by atoms with Crippen LogP contribution in [0.2, 0.25) is 5.02 Å². The number of rotatable bonds is 4. The van der Waals surface area contributed by atoms with E-state index in [1.807, 2.05) is 42.5 Å². The summed E-state index contributed by atoms with van der Waals surface area (Å²) in [5, 5.41) is 4.21. The molecule has 0 atom stereocenters. The molecule has 0 saturated carbocycles. The van der Waals surface area contributed by atoms with E-state index in [0.717, 1.165) is 30.2 Å². The van der Waals surface area contributed by atoms with Gasteiger partial charge in [0.2, 0.25) is 0 Å². The van der Waals surface area contributed by atoms with Crippen LogP contribution >= 0.6 is 22.9 Å². The molecule has 0 bridgehead atoms. The van der Waals surface area contributed by atoms with Crippen molar-refractivity contribution in [2.45, 2.75) is 13.2 Å². The number of nitrogens with zero attached hydrogens (tertiary/aromatic N) is 2. The number of amides is 1. The van der Waals surface area contributed by atoms with Gasteiger partial charge in [-0.1, -0.05) is 41.9 Å². The van der Waals surface area contributed by atoms with Gasteiger partial charge in [-0.25, -0.2) is 4.79 Å². The molecule has 1 aliphatic rings. The van der Waals surface area contributed by atoms with Gasteiger partial charge in [-0.05, 0) is 40.1 Å². The lowest BCUT2D eigenvalue weighted by atomic mass is 10.1. The van der Waals surface area contributed by atoms with Crippen molar-refractivity contribution in [2.24, 2.45) is 0 Å². The molecule has 2 aromatic carbocycles. The van der Waals surface area contributed by atoms with Crippen molar-refractivity contribution in [2.75, 3.05) is 26.2 Å². The van der Waals surface area contributed by atoms with Gasteiger partial charge >= 0.3 is 6.09 Å². The number of thiophene rings is 1. The highest BCUT2D eigenvalue weighted by atomic mass is 35.5. The first-order valence-electron chi connectivity index (χ1n) is 9.02. The van der Waals surface area contributed by atoms with Gasteiger partial charge in [0, 0.05) is 42.4 Å². The molecule has 0 N–H and O–H groups in total. The van der Waals surface area contributed by atoms with Crippen LogP contribution in [0.1, 0.15) is 11.1 Å². The third-order valence-corrected chi connectivity index (χ3v) is 6.09. The number of carbonyl (C=O) groups is 1. The second kappa shape index (κ2) is 8.30. The molecular weight excluding hydrogens is 380 g/mol. The maximum atomic E-state index is 12.3. The molecule has 2 heterocycles. The number of fused-ring (bicyclic) bond motifs is 1. The number of carbonyl (C=O) groups excluding carboxylic acids is 1. The molecule has 27 heavy (non-hydrogen) atoms. The molecule has 0 radical (unpaired) electrons. The van der Waals surface area contributed by atoms with E-state index in [1.165, 1.54) is 15.6 Å². The minimum atomic E-state index is -0.230. The van der Waals surface area contributed by atoms with Crippen LogP contribution in [0.15, 0.2) is 53.9 Å². The average molecular weight is 401 g/mol. The Kier molecular flexibility index (Phi) is 5.62. The normalized spacial score (nSPS) is 15.2. The average Bonchev–Trinajstić information content (AvgIpc) is 3.09. The summed E-state index contributed by atoms with van der Waals surface area (Å²) < 4.78 is 6.70. The van der Waals surface area contributed by atoms with E-state index in [4.69, 9.17) is 16.3 Å². The Bertz CT molecular complexity index is 920. The molecule has 0 unspecified atom stereocenters. The van der Waals surface area contributed by atoms with Crippen molar-refractivity contribution in [1.29, 1.82) is 0 Å². The van der Waals surface area contributed by atoms with Crippen LogP contribution in [0.4, 0.5) is 4.79 Å². The zero-order valence-corrected chi connectivity index (χ0v) is 16.5. The first-order valence-corrected chi connectivity index (χ1v) is 10.3. The van der Waals surface area contributed by atoms with Crippen LogP contribution in [0.25, 0.3) is 10.1 Å². The SMILES string of the molecule is O=C(OCc1ccccc1)N1CCN(Cc2csc3ccc(Cl)cc23)CC1. The summed E-state index contributed by atoms with van der Waals surface area (Å²) in [5.74, 6) is 0. The van der Waals surface area contributed by atoms with Gasteiger partial charge in [0.25, 0.3) is 0 Å². The second-order valence-electron chi connectivity index (χ2n) is 6.70. The molecular formula is C21H21ClN2O2S. The van der Waals surface area contributed by atoms with Gasteiger partial charge in [-0.2, -0.15) is 0 Å². The zero-order valence-electron chi connectivity index (χ0n) is 14.9. The van der Waals surface area contributed by atoms with E-state index in [9.17, 15) is 4.79 Å². The summed E-state index contributed by atoms with van der Waals surface area (Å²) >= 11 is 7.90. The molecule has 1 aliphatic heterocycles. The van der Waals surface area contributed by atoms with Crippen molar-refractivity contribution in [3.8, 4) is 0 Å². The number of ether oxygens (including phenoxy) is 1. The Balaban J connectivity index is 1.29. The van der Waals surface area contributed by atoms with E-state index >= 15 is 0 Å². The third-order valence-electron chi connectivity index (χ3n) is 4.85. The summed E-state index contributed by atoms with van der Waals surface area (Å²) in [6.07, 6.45) is -0.230. The summed E-state index contributed by atoms with van der Waals surface area (Å²) in [6.45, 7) is 4.28. The molecule has 1 amide bonds. The van der Waals surface area contributed by atoms with Crippen LogP contribution in [0.3, 0.4) is 0 Å². The quantitative estimate of drug-likeness (QED) is 0.617. The van der Waals surface area contributed by atoms with Gasteiger partial charge in [0.15, 0.2) is 0 Å². The van der Waals surface area contributed by atoms with Gasteiger partial charge in [0.1, 0.15) is 6.61 Å². The fourth-order valence-corrected chi connectivity index (χ4v) is 4.42. The van der Waals surface area contributed by atoms with Gasteiger partial charge < -0.3 is 9.64 Å². The van der Waals surface area contributed by atoms with Gasteiger partial charge in [0.05, 0.1) is 0 Å². The number of halogens is 1. The Morgan fingerprint density at radius 2 is 1.85 bits per heavy atom. The number of hydrogen-bond donors (Lipinski definition) is 0. The molecule has 0 spiro atoms. The van der Waals surface area contributed by atoms with Crippen LogP contribution in [0.5, 0.6) is 0 Å². The largest absolute Gasteiger partial charge is 0.445 e. The highest BCUT2D eigenvalue weighted by molar-refractivity contribution is 7.17. The number of benzene rings is 2. The van der Waals surface area contributed by atoms with Crippen LogP contribution in [0, 0.1) is 0 Å². The highest BCUT2D eigenvalue weighted by Crippen LogP contribution is 2.29. The van der Waals surface area contributed by atoms with Crippen LogP contribution < -0.4 is 0 Å². The highest BCUT2D eigenvalue weighted by Gasteiger charge is 2.22. The summed E-state index contributed by atoms with van der Waals surface area (Å²) in [5.41, 5.74) is 2.31. The molecule has 1 saturated heterocycles. The predicted molar refractivity (Wildman–Crippen MR) is 110 cm³/mol. The van der Waals surface area contributed by atoms with Crippen molar-refractivity contribution >= 4 is 39.1 Å². The topological polar surface area (TPSA) is 32.8 Å². The Morgan fingerprint density at radius 1 is 1.07 bits per heavy atom. The van der Waals surface area contributed by atoms with Gasteiger partial charge in [-0.15, -0.1) is 11.3 Å². The monoisotopic (exact) mass is 400 g/mol. The maximum Gasteiger partial charge on any atom is 0.410 e. The number of piperazine rings is 1. The van der Waals surface area contributed by atoms with Crippen molar-refractivity contribution in [3.05, 3.63) is 70.1 Å². The minimum absolute atomic E-state index is 0.230. The van der Waals surface area contributed by atoms with Crippen LogP contribution in [-0.2, 0) is 17.9 Å². The predicted octanol–water partition coefficient (Wildman–Crippen LogP) is 5.01. The van der Waals surface area contributed by atoms with E-state index in [0.29, 0.717) is 19.7 Å². The Morgan fingerprint density at radius 3 is 2.63 bits per heavy atom.